The smallest absolute Gasteiger partial charge is 0.272 e. The molecule has 0 atom stereocenters. The lowest BCUT2D eigenvalue weighted by molar-refractivity contribution is 0.0799. The Morgan fingerprint density at radius 3 is 2.26 bits per heavy atom. The summed E-state index contributed by atoms with van der Waals surface area (Å²) < 4.78 is 43.6. The number of alkyl halides is 2. The monoisotopic (exact) mass is 454 g/mol. The van der Waals surface area contributed by atoms with Gasteiger partial charge in [0.15, 0.2) is 11.6 Å². The normalized spacial score (nSPS) is 26.9. The predicted octanol–water partition coefficient (Wildman–Crippen LogP) is 8.35. The van der Waals surface area contributed by atoms with E-state index in [1.807, 2.05) is 6.07 Å². The molecule has 1 aliphatic carbocycles. The molecule has 5 heteroatoms. The van der Waals surface area contributed by atoms with Crippen LogP contribution in [0.5, 0.6) is 5.75 Å². The molecule has 1 aromatic rings. The van der Waals surface area contributed by atoms with Gasteiger partial charge in [0, 0.05) is 8.80 Å². The summed E-state index contributed by atoms with van der Waals surface area (Å²) in [7, 11) is -0.393. The summed E-state index contributed by atoms with van der Waals surface area (Å²) >= 11 is 0. The Morgan fingerprint density at radius 1 is 0.968 bits per heavy atom. The Kier molecular flexibility index (Phi) is 10.3. The molecule has 0 unspecified atom stereocenters. The molecule has 1 nitrogen and oxygen atoms in total. The van der Waals surface area contributed by atoms with E-state index in [2.05, 4.69) is 6.92 Å². The van der Waals surface area contributed by atoms with E-state index in [0.29, 0.717) is 5.92 Å². The third-order valence-electron chi connectivity index (χ3n) is 7.80. The lowest BCUT2D eigenvalue weighted by Gasteiger charge is -2.32. The topological polar surface area (TPSA) is 9.23 Å². The van der Waals surface area contributed by atoms with E-state index in [9.17, 15) is 13.2 Å². The Hall–Kier alpha value is -0.973. The Balaban J connectivity index is 1.34. The van der Waals surface area contributed by atoms with Crippen molar-refractivity contribution in [3.05, 3.63) is 29.6 Å². The standard InChI is InChI=1S/C26H41F3OSi/c1-2-3-4-15-31-16-13-21(14-17-31)6-5-20-7-9-22(10-8-20)23-11-12-25(24(27)18-23)30-19-26(28)29/h11-12,18,20-22,26,31H,2-10,13-17,19H2,1H3. The van der Waals surface area contributed by atoms with Crippen LogP contribution in [0.2, 0.25) is 18.1 Å². The van der Waals surface area contributed by atoms with Crippen molar-refractivity contribution < 1.29 is 17.9 Å². The molecule has 0 aromatic heterocycles. The molecule has 1 aromatic carbocycles. The van der Waals surface area contributed by atoms with Crippen molar-refractivity contribution in [1.82, 2.24) is 0 Å². The van der Waals surface area contributed by atoms with Crippen LogP contribution in [0.4, 0.5) is 13.2 Å². The Bertz CT molecular complexity index is 638. The van der Waals surface area contributed by atoms with Gasteiger partial charge in [-0.2, -0.15) is 0 Å². The maximum Gasteiger partial charge on any atom is 0.272 e. The quantitative estimate of drug-likeness (QED) is 0.241. The largest absolute Gasteiger partial charge is 0.485 e. The summed E-state index contributed by atoms with van der Waals surface area (Å²) in [4.78, 5) is 0. The summed E-state index contributed by atoms with van der Waals surface area (Å²) in [6.07, 6.45) is 12.1. The highest BCUT2D eigenvalue weighted by Crippen LogP contribution is 2.40. The summed E-state index contributed by atoms with van der Waals surface area (Å²) in [5.74, 6) is 1.60. The van der Waals surface area contributed by atoms with Crippen molar-refractivity contribution >= 4 is 8.80 Å². The van der Waals surface area contributed by atoms with Gasteiger partial charge in [-0.3, -0.25) is 0 Å². The summed E-state index contributed by atoms with van der Waals surface area (Å²) in [6.45, 7) is 1.54. The zero-order valence-corrected chi connectivity index (χ0v) is 20.4. The van der Waals surface area contributed by atoms with Crippen molar-refractivity contribution in [3.63, 3.8) is 0 Å². The highest BCUT2D eigenvalue weighted by atomic mass is 28.3. The zero-order chi connectivity index (χ0) is 22.1. The molecule has 1 heterocycles. The third-order valence-corrected chi connectivity index (χ3v) is 11.3. The number of benzene rings is 1. The van der Waals surface area contributed by atoms with E-state index < -0.39 is 27.6 Å². The van der Waals surface area contributed by atoms with Crippen LogP contribution in [-0.2, 0) is 0 Å². The highest BCUT2D eigenvalue weighted by Gasteiger charge is 2.26. The Morgan fingerprint density at radius 2 is 1.65 bits per heavy atom. The van der Waals surface area contributed by atoms with E-state index in [0.717, 1.165) is 30.2 Å². The van der Waals surface area contributed by atoms with Crippen LogP contribution in [-0.4, -0.2) is 21.8 Å². The second kappa shape index (κ2) is 12.9. The van der Waals surface area contributed by atoms with Gasteiger partial charge >= 0.3 is 0 Å². The van der Waals surface area contributed by atoms with Gasteiger partial charge in [-0.05, 0) is 61.1 Å². The van der Waals surface area contributed by atoms with E-state index >= 15 is 0 Å². The van der Waals surface area contributed by atoms with E-state index in [4.69, 9.17) is 4.74 Å². The molecule has 176 valence electrons. The van der Waals surface area contributed by atoms with Crippen LogP contribution >= 0.6 is 0 Å². The zero-order valence-electron chi connectivity index (χ0n) is 19.3. The first-order chi connectivity index (χ1) is 15.0. The van der Waals surface area contributed by atoms with Gasteiger partial charge in [0.1, 0.15) is 6.61 Å². The molecule has 0 spiro atoms. The average Bonchev–Trinajstić information content (AvgIpc) is 2.78. The lowest BCUT2D eigenvalue weighted by Crippen LogP contribution is -2.22. The molecule has 2 aliphatic rings. The van der Waals surface area contributed by atoms with Crippen molar-refractivity contribution in [2.75, 3.05) is 6.61 Å². The summed E-state index contributed by atoms with van der Waals surface area (Å²) in [5.41, 5.74) is 0.992. The Labute approximate surface area is 188 Å². The fourth-order valence-corrected chi connectivity index (χ4v) is 9.41. The van der Waals surface area contributed by atoms with Crippen LogP contribution in [0.1, 0.15) is 89.0 Å². The van der Waals surface area contributed by atoms with E-state index in [1.54, 1.807) is 18.1 Å². The molecular weight excluding hydrogens is 413 g/mol. The number of ether oxygens (including phenoxy) is 1. The molecule has 31 heavy (non-hydrogen) atoms. The summed E-state index contributed by atoms with van der Waals surface area (Å²) in [6, 6.07) is 9.63. The van der Waals surface area contributed by atoms with E-state index in [-0.39, 0.29) is 5.75 Å². The molecule has 0 radical (unpaired) electrons. The molecular formula is C26H41F3OSi. The lowest BCUT2D eigenvalue weighted by atomic mass is 9.76. The highest BCUT2D eigenvalue weighted by molar-refractivity contribution is 6.58. The maximum absolute atomic E-state index is 14.2. The minimum absolute atomic E-state index is 0.0686. The number of hydrogen-bond acceptors (Lipinski definition) is 1. The first-order valence-corrected chi connectivity index (χ1v) is 15.2. The predicted molar refractivity (Wildman–Crippen MR) is 126 cm³/mol. The molecule has 1 saturated heterocycles. The molecule has 0 amide bonds. The number of rotatable bonds is 11. The number of hydrogen-bond donors (Lipinski definition) is 0. The van der Waals surface area contributed by atoms with Gasteiger partial charge in [0.2, 0.25) is 0 Å². The first kappa shape index (κ1) is 24.7. The molecule has 0 N–H and O–H groups in total. The molecule has 1 aliphatic heterocycles. The van der Waals surface area contributed by atoms with Gasteiger partial charge in [-0.25, -0.2) is 13.2 Å². The molecule has 0 bridgehead atoms. The SMILES string of the molecule is CCCCC[SiH]1CCC(CCC2CCC(c3ccc(OCC(F)F)c(F)c3)CC2)CC1. The van der Waals surface area contributed by atoms with E-state index in [1.165, 1.54) is 69.9 Å². The van der Waals surface area contributed by atoms with Crippen LogP contribution in [0.15, 0.2) is 18.2 Å². The fraction of sp³-hybridized carbons (Fsp3) is 0.769. The van der Waals surface area contributed by atoms with Crippen molar-refractivity contribution in [2.45, 2.75) is 108 Å². The second-order valence-electron chi connectivity index (χ2n) is 10.1. The second-order valence-corrected chi connectivity index (χ2v) is 13.5. The minimum atomic E-state index is -2.59. The van der Waals surface area contributed by atoms with Crippen LogP contribution in [0.3, 0.4) is 0 Å². The van der Waals surface area contributed by atoms with Crippen LogP contribution in [0.25, 0.3) is 0 Å². The molecule has 1 saturated carbocycles. The van der Waals surface area contributed by atoms with Gasteiger partial charge in [-0.15, -0.1) is 0 Å². The van der Waals surface area contributed by atoms with Crippen molar-refractivity contribution in [1.29, 1.82) is 0 Å². The average molecular weight is 455 g/mol. The van der Waals surface area contributed by atoms with Gasteiger partial charge in [0.25, 0.3) is 6.43 Å². The number of unbranched alkanes of at least 4 members (excludes halogenated alkanes) is 2. The van der Waals surface area contributed by atoms with Gasteiger partial charge in [-0.1, -0.05) is 76.1 Å². The third kappa shape index (κ3) is 8.14. The fourth-order valence-electron chi connectivity index (χ4n) is 5.79. The van der Waals surface area contributed by atoms with Gasteiger partial charge < -0.3 is 4.74 Å². The minimum Gasteiger partial charge on any atom is -0.485 e. The molecule has 3 rings (SSSR count). The van der Waals surface area contributed by atoms with Crippen molar-refractivity contribution in [3.8, 4) is 5.75 Å². The molecule has 2 fully saturated rings. The van der Waals surface area contributed by atoms with Gasteiger partial charge in [0.05, 0.1) is 0 Å². The number of halogens is 3. The van der Waals surface area contributed by atoms with Crippen molar-refractivity contribution in [2.24, 2.45) is 11.8 Å². The summed E-state index contributed by atoms with van der Waals surface area (Å²) in [5, 5.41) is 0. The van der Waals surface area contributed by atoms with Crippen LogP contribution < -0.4 is 4.74 Å². The van der Waals surface area contributed by atoms with Crippen LogP contribution in [0, 0.1) is 17.7 Å². The maximum atomic E-state index is 14.2. The first-order valence-electron chi connectivity index (χ1n) is 12.8.